The van der Waals surface area contributed by atoms with Gasteiger partial charge in [-0.05, 0) is 25.8 Å². The molecule has 1 saturated heterocycles. The maximum absolute atomic E-state index is 12.4. The molecule has 1 heterocycles. The fourth-order valence-electron chi connectivity index (χ4n) is 2.82. The molecule has 0 saturated carbocycles. The molecule has 6 nitrogen and oxygen atoms in total. The van der Waals surface area contributed by atoms with E-state index >= 15 is 0 Å². The van der Waals surface area contributed by atoms with E-state index in [0.29, 0.717) is 19.5 Å². The summed E-state index contributed by atoms with van der Waals surface area (Å²) in [6.07, 6.45) is 0.549. The van der Waals surface area contributed by atoms with Crippen LogP contribution in [0.4, 0.5) is 0 Å². The zero-order chi connectivity index (χ0) is 17.7. The number of carboxylic acid groups (broad SMARTS) is 1. The van der Waals surface area contributed by atoms with Crippen molar-refractivity contribution in [3.63, 3.8) is 0 Å². The van der Waals surface area contributed by atoms with Gasteiger partial charge in [-0.15, -0.1) is 0 Å². The zero-order valence-corrected chi connectivity index (χ0v) is 14.1. The van der Waals surface area contributed by atoms with Crippen molar-refractivity contribution in [3.05, 3.63) is 35.9 Å². The van der Waals surface area contributed by atoms with Crippen molar-refractivity contribution in [1.29, 1.82) is 0 Å². The molecule has 0 radical (unpaired) electrons. The number of carboxylic acids is 1. The first-order chi connectivity index (χ1) is 11.3. The molecule has 24 heavy (non-hydrogen) atoms. The van der Waals surface area contributed by atoms with Crippen LogP contribution in [0.15, 0.2) is 30.3 Å². The van der Waals surface area contributed by atoms with Gasteiger partial charge in [0.1, 0.15) is 0 Å². The van der Waals surface area contributed by atoms with Crippen LogP contribution in [0.1, 0.15) is 38.7 Å². The molecule has 2 amide bonds. The molecule has 2 N–H and O–H groups in total. The van der Waals surface area contributed by atoms with Gasteiger partial charge in [-0.1, -0.05) is 30.3 Å². The van der Waals surface area contributed by atoms with E-state index in [4.69, 9.17) is 5.11 Å². The molecule has 1 aromatic rings. The third-order valence-corrected chi connectivity index (χ3v) is 4.23. The van der Waals surface area contributed by atoms with Crippen LogP contribution >= 0.6 is 0 Å². The number of amides is 2. The number of aliphatic carboxylic acids is 1. The second-order valence-corrected chi connectivity index (χ2v) is 6.93. The van der Waals surface area contributed by atoms with Gasteiger partial charge in [-0.3, -0.25) is 14.4 Å². The third-order valence-electron chi connectivity index (χ3n) is 4.23. The van der Waals surface area contributed by atoms with E-state index in [1.165, 1.54) is 0 Å². The highest BCUT2D eigenvalue weighted by atomic mass is 16.4. The lowest BCUT2D eigenvalue weighted by molar-refractivity contribution is -0.138. The summed E-state index contributed by atoms with van der Waals surface area (Å²) in [5.74, 6) is -1.48. The van der Waals surface area contributed by atoms with Gasteiger partial charge in [-0.2, -0.15) is 0 Å². The first kappa shape index (κ1) is 18.0. The van der Waals surface area contributed by atoms with Crippen LogP contribution in [0.3, 0.4) is 0 Å². The van der Waals surface area contributed by atoms with Gasteiger partial charge in [0.25, 0.3) is 0 Å². The van der Waals surface area contributed by atoms with Crippen molar-refractivity contribution in [2.75, 3.05) is 6.54 Å². The van der Waals surface area contributed by atoms with Crippen molar-refractivity contribution >= 4 is 17.8 Å². The molecule has 0 aliphatic carbocycles. The molecule has 1 aliphatic rings. The Morgan fingerprint density at radius 3 is 2.58 bits per heavy atom. The van der Waals surface area contributed by atoms with E-state index in [2.05, 4.69) is 5.32 Å². The van der Waals surface area contributed by atoms with Crippen LogP contribution in [0.5, 0.6) is 0 Å². The van der Waals surface area contributed by atoms with Crippen molar-refractivity contribution in [3.8, 4) is 0 Å². The van der Waals surface area contributed by atoms with Crippen LogP contribution < -0.4 is 5.32 Å². The molecule has 1 fully saturated rings. The highest BCUT2D eigenvalue weighted by Gasteiger charge is 2.36. The predicted molar refractivity (Wildman–Crippen MR) is 89.1 cm³/mol. The van der Waals surface area contributed by atoms with Crippen molar-refractivity contribution < 1.29 is 19.5 Å². The summed E-state index contributed by atoms with van der Waals surface area (Å²) in [7, 11) is 0. The van der Waals surface area contributed by atoms with E-state index in [-0.39, 0.29) is 30.6 Å². The average Bonchev–Trinajstić information content (AvgIpc) is 2.87. The fraction of sp³-hybridized carbons (Fsp3) is 0.500. The van der Waals surface area contributed by atoms with Crippen LogP contribution in [0, 0.1) is 5.92 Å². The van der Waals surface area contributed by atoms with E-state index in [9.17, 15) is 14.4 Å². The number of benzene rings is 1. The summed E-state index contributed by atoms with van der Waals surface area (Å²) in [6, 6.07) is 9.67. The van der Waals surface area contributed by atoms with E-state index in [1.54, 1.807) is 18.7 Å². The molecule has 1 atom stereocenters. The Morgan fingerprint density at radius 1 is 1.29 bits per heavy atom. The minimum Gasteiger partial charge on any atom is -0.481 e. The van der Waals surface area contributed by atoms with Crippen LogP contribution in [-0.4, -0.2) is 39.9 Å². The van der Waals surface area contributed by atoms with Gasteiger partial charge in [-0.25, -0.2) is 0 Å². The first-order valence-corrected chi connectivity index (χ1v) is 8.12. The van der Waals surface area contributed by atoms with Crippen LogP contribution in [0.25, 0.3) is 0 Å². The maximum atomic E-state index is 12.4. The summed E-state index contributed by atoms with van der Waals surface area (Å²) in [5, 5.41) is 11.6. The van der Waals surface area contributed by atoms with Gasteiger partial charge < -0.3 is 15.3 Å². The minimum absolute atomic E-state index is 0.00297. The molecular formula is C18H24N2O4. The quantitative estimate of drug-likeness (QED) is 0.797. The molecule has 130 valence electrons. The number of nitrogens with one attached hydrogen (secondary N) is 1. The number of carbonyl (C=O) groups is 3. The molecule has 0 spiro atoms. The Morgan fingerprint density at radius 2 is 1.96 bits per heavy atom. The highest BCUT2D eigenvalue weighted by Crippen LogP contribution is 2.22. The second kappa shape index (κ2) is 7.47. The van der Waals surface area contributed by atoms with Gasteiger partial charge in [0.2, 0.25) is 11.8 Å². The lowest BCUT2D eigenvalue weighted by Crippen LogP contribution is -2.46. The number of hydrogen-bond acceptors (Lipinski definition) is 3. The smallest absolute Gasteiger partial charge is 0.303 e. The number of carbonyl (C=O) groups excluding carboxylic acids is 2. The molecule has 1 aromatic carbocycles. The van der Waals surface area contributed by atoms with Crippen molar-refractivity contribution in [1.82, 2.24) is 10.2 Å². The Kier molecular flexibility index (Phi) is 5.59. The van der Waals surface area contributed by atoms with E-state index in [0.717, 1.165) is 5.56 Å². The summed E-state index contributed by atoms with van der Waals surface area (Å²) >= 11 is 0. The number of likely N-dealkylation sites (tertiary alicyclic amines) is 1. The molecule has 2 rings (SSSR count). The Hall–Kier alpha value is -2.37. The summed E-state index contributed by atoms with van der Waals surface area (Å²) in [4.78, 5) is 36.9. The topological polar surface area (TPSA) is 86.7 Å². The highest BCUT2D eigenvalue weighted by molar-refractivity contribution is 5.89. The molecule has 0 unspecified atom stereocenters. The Labute approximate surface area is 141 Å². The standard InChI is InChI=1S/C18H24N2O4/c1-18(2,9-8-16(22)23)19-17(24)14-10-15(21)20(12-14)11-13-6-4-3-5-7-13/h3-7,14H,8-12H2,1-2H3,(H,19,24)(H,22,23)/t14-/m0/s1. The van der Waals surface area contributed by atoms with Crippen LogP contribution in [-0.2, 0) is 20.9 Å². The monoisotopic (exact) mass is 332 g/mol. The summed E-state index contributed by atoms with van der Waals surface area (Å²) in [6.45, 7) is 4.50. The largest absolute Gasteiger partial charge is 0.481 e. The normalized spacial score (nSPS) is 17.8. The molecule has 0 aromatic heterocycles. The fourth-order valence-corrected chi connectivity index (χ4v) is 2.82. The molecule has 6 heteroatoms. The zero-order valence-electron chi connectivity index (χ0n) is 14.1. The maximum Gasteiger partial charge on any atom is 0.303 e. The Balaban J connectivity index is 1.90. The predicted octanol–water partition coefficient (Wildman–Crippen LogP) is 1.79. The van der Waals surface area contributed by atoms with Gasteiger partial charge in [0.15, 0.2) is 0 Å². The van der Waals surface area contributed by atoms with Gasteiger partial charge in [0, 0.05) is 31.5 Å². The van der Waals surface area contributed by atoms with Crippen LogP contribution in [0.2, 0.25) is 0 Å². The summed E-state index contributed by atoms with van der Waals surface area (Å²) in [5.41, 5.74) is 0.430. The average molecular weight is 332 g/mol. The van der Waals surface area contributed by atoms with E-state index in [1.807, 2.05) is 30.3 Å². The van der Waals surface area contributed by atoms with Gasteiger partial charge in [0.05, 0.1) is 5.92 Å². The Bertz CT molecular complexity index is 613. The first-order valence-electron chi connectivity index (χ1n) is 8.12. The van der Waals surface area contributed by atoms with E-state index < -0.39 is 11.5 Å². The SMILES string of the molecule is CC(C)(CCC(=O)O)NC(=O)[C@H]1CC(=O)N(Cc2ccccc2)C1. The molecular weight excluding hydrogens is 308 g/mol. The second-order valence-electron chi connectivity index (χ2n) is 6.93. The lowest BCUT2D eigenvalue weighted by atomic mass is 9.96. The summed E-state index contributed by atoms with van der Waals surface area (Å²) < 4.78 is 0. The number of rotatable bonds is 7. The number of nitrogens with zero attached hydrogens (tertiary/aromatic N) is 1. The molecule has 0 bridgehead atoms. The van der Waals surface area contributed by atoms with Crippen molar-refractivity contribution in [2.45, 2.75) is 45.2 Å². The lowest BCUT2D eigenvalue weighted by Gasteiger charge is -2.27. The number of hydrogen-bond donors (Lipinski definition) is 2. The van der Waals surface area contributed by atoms with Gasteiger partial charge >= 0.3 is 5.97 Å². The minimum atomic E-state index is -0.887. The van der Waals surface area contributed by atoms with Crippen molar-refractivity contribution in [2.24, 2.45) is 5.92 Å². The third kappa shape index (κ3) is 5.08. The molecule has 1 aliphatic heterocycles.